The molecular formula is C25H18N4O2S. The van der Waals surface area contributed by atoms with Crippen molar-refractivity contribution in [1.82, 2.24) is 19.7 Å². The molecule has 32 heavy (non-hydrogen) atoms. The summed E-state index contributed by atoms with van der Waals surface area (Å²) in [7, 11) is 0. The van der Waals surface area contributed by atoms with E-state index >= 15 is 0 Å². The molecule has 0 fully saturated rings. The first-order valence-electron chi connectivity index (χ1n) is 10.3. The first-order valence-corrected chi connectivity index (χ1v) is 11.1. The second-order valence-corrected chi connectivity index (χ2v) is 8.85. The molecule has 6 nitrogen and oxygen atoms in total. The largest absolute Gasteiger partial charge is 0.343 e. The SMILES string of the molecule is Cc1[nH]c2[nH]n(-c3nc4ccccc4s3)c(=O)c2c(=O)c1Cc1cccc2ccccc12. The molecule has 3 aromatic carbocycles. The summed E-state index contributed by atoms with van der Waals surface area (Å²) in [6.07, 6.45) is 0.449. The average molecular weight is 439 g/mol. The summed E-state index contributed by atoms with van der Waals surface area (Å²) in [5, 5.41) is 5.91. The maximum Gasteiger partial charge on any atom is 0.286 e. The van der Waals surface area contributed by atoms with Crippen molar-refractivity contribution in [2.75, 3.05) is 0 Å². The van der Waals surface area contributed by atoms with Crippen molar-refractivity contribution in [1.29, 1.82) is 0 Å². The highest BCUT2D eigenvalue weighted by atomic mass is 32.1. The van der Waals surface area contributed by atoms with E-state index in [2.05, 4.69) is 33.3 Å². The minimum atomic E-state index is -0.389. The standard InChI is InChI=1S/C25H18N4O2S/c1-14-18(13-16-9-6-8-15-7-2-3-10-17(15)16)22(30)21-23(26-14)28-29(24(21)31)25-27-19-11-4-5-12-20(19)32-25/h2-12H,13H2,1H3,(H2,26,28,30). The first kappa shape index (κ1) is 18.8. The highest BCUT2D eigenvalue weighted by molar-refractivity contribution is 7.20. The van der Waals surface area contributed by atoms with Gasteiger partial charge in [-0.3, -0.25) is 14.7 Å². The fourth-order valence-corrected chi connectivity index (χ4v) is 5.19. The Morgan fingerprint density at radius 2 is 1.75 bits per heavy atom. The van der Waals surface area contributed by atoms with Gasteiger partial charge in [-0.15, -0.1) is 0 Å². The molecule has 0 bridgehead atoms. The minimum Gasteiger partial charge on any atom is -0.343 e. The van der Waals surface area contributed by atoms with Gasteiger partial charge in [-0.25, -0.2) is 4.98 Å². The second kappa shape index (κ2) is 7.03. The van der Waals surface area contributed by atoms with E-state index < -0.39 is 0 Å². The zero-order valence-corrected chi connectivity index (χ0v) is 18.0. The highest BCUT2D eigenvalue weighted by Crippen LogP contribution is 2.24. The highest BCUT2D eigenvalue weighted by Gasteiger charge is 2.19. The Kier molecular flexibility index (Phi) is 4.13. The van der Waals surface area contributed by atoms with Gasteiger partial charge in [0.25, 0.3) is 5.56 Å². The summed E-state index contributed by atoms with van der Waals surface area (Å²) in [5.74, 6) is 0. The van der Waals surface area contributed by atoms with Crippen LogP contribution in [0.4, 0.5) is 0 Å². The molecule has 2 N–H and O–H groups in total. The molecule has 6 aromatic rings. The van der Waals surface area contributed by atoms with Gasteiger partial charge in [-0.05, 0) is 35.4 Å². The maximum absolute atomic E-state index is 13.5. The first-order chi connectivity index (χ1) is 15.6. The lowest BCUT2D eigenvalue weighted by Crippen LogP contribution is -2.21. The number of fused-ring (bicyclic) bond motifs is 3. The van der Waals surface area contributed by atoms with Crippen LogP contribution in [-0.2, 0) is 6.42 Å². The van der Waals surface area contributed by atoms with E-state index in [9.17, 15) is 9.59 Å². The number of benzene rings is 3. The van der Waals surface area contributed by atoms with Crippen LogP contribution in [0.1, 0.15) is 16.8 Å². The Morgan fingerprint density at radius 3 is 2.62 bits per heavy atom. The van der Waals surface area contributed by atoms with Gasteiger partial charge in [0, 0.05) is 17.7 Å². The van der Waals surface area contributed by atoms with Crippen LogP contribution in [0.5, 0.6) is 0 Å². The van der Waals surface area contributed by atoms with E-state index in [1.54, 1.807) is 0 Å². The van der Waals surface area contributed by atoms with Crippen molar-refractivity contribution in [2.45, 2.75) is 13.3 Å². The molecule has 0 aliphatic carbocycles. The summed E-state index contributed by atoms with van der Waals surface area (Å²) < 4.78 is 2.33. The van der Waals surface area contributed by atoms with Gasteiger partial charge in [0.05, 0.1) is 10.2 Å². The van der Waals surface area contributed by atoms with Crippen LogP contribution in [0.25, 0.3) is 37.2 Å². The molecule has 6 rings (SSSR count). The lowest BCUT2D eigenvalue weighted by atomic mass is 9.97. The molecule has 7 heteroatoms. The molecule has 0 unspecified atom stereocenters. The van der Waals surface area contributed by atoms with Crippen molar-refractivity contribution in [2.24, 2.45) is 0 Å². The lowest BCUT2D eigenvalue weighted by Gasteiger charge is -2.09. The Bertz CT molecular complexity index is 1730. The normalized spacial score (nSPS) is 11.7. The Balaban J connectivity index is 1.53. The Morgan fingerprint density at radius 1 is 0.969 bits per heavy atom. The Labute approximate surface area is 185 Å². The van der Waals surface area contributed by atoms with Gasteiger partial charge in [0.1, 0.15) is 11.0 Å². The number of thiazole rings is 1. The zero-order valence-electron chi connectivity index (χ0n) is 17.2. The third-order valence-corrected chi connectivity index (χ3v) is 6.90. The van der Waals surface area contributed by atoms with E-state index in [4.69, 9.17) is 0 Å². The number of hydrogen-bond acceptors (Lipinski definition) is 4. The van der Waals surface area contributed by atoms with Crippen LogP contribution >= 0.6 is 11.3 Å². The second-order valence-electron chi connectivity index (χ2n) is 7.84. The van der Waals surface area contributed by atoms with Crippen molar-refractivity contribution in [3.05, 3.63) is 104 Å². The summed E-state index contributed by atoms with van der Waals surface area (Å²) in [4.78, 5) is 34.5. The number of aromatic nitrogens is 4. The van der Waals surface area contributed by atoms with Gasteiger partial charge < -0.3 is 4.98 Å². The van der Waals surface area contributed by atoms with Crippen molar-refractivity contribution in [3.63, 3.8) is 0 Å². The van der Waals surface area contributed by atoms with Gasteiger partial charge in [-0.2, -0.15) is 4.68 Å². The smallest absolute Gasteiger partial charge is 0.286 e. The molecule has 0 saturated heterocycles. The summed E-state index contributed by atoms with van der Waals surface area (Å²) in [6, 6.07) is 21.9. The number of rotatable bonds is 3. The third-order valence-electron chi connectivity index (χ3n) is 5.88. The van der Waals surface area contributed by atoms with Gasteiger partial charge >= 0.3 is 0 Å². The van der Waals surface area contributed by atoms with Crippen LogP contribution in [0.3, 0.4) is 0 Å². The number of aryl methyl sites for hydroxylation is 1. The molecule has 3 aromatic heterocycles. The number of pyridine rings is 1. The van der Waals surface area contributed by atoms with Gasteiger partial charge in [0.15, 0.2) is 5.43 Å². The number of H-pyrrole nitrogens is 2. The molecule has 0 aliphatic rings. The van der Waals surface area contributed by atoms with Crippen LogP contribution < -0.4 is 11.0 Å². The number of hydrogen-bond donors (Lipinski definition) is 2. The van der Waals surface area contributed by atoms with Crippen LogP contribution in [0, 0.1) is 6.92 Å². The molecule has 0 saturated carbocycles. The molecule has 0 amide bonds. The van der Waals surface area contributed by atoms with Crippen LogP contribution in [0.2, 0.25) is 0 Å². The number of nitrogens with one attached hydrogen (secondary N) is 2. The molecular weight excluding hydrogens is 420 g/mol. The quantitative estimate of drug-likeness (QED) is 0.421. The van der Waals surface area contributed by atoms with E-state index in [0.717, 1.165) is 32.2 Å². The zero-order chi connectivity index (χ0) is 21.8. The monoisotopic (exact) mass is 438 g/mol. The average Bonchev–Trinajstić information content (AvgIpc) is 3.37. The van der Waals surface area contributed by atoms with Crippen LogP contribution in [-0.4, -0.2) is 19.7 Å². The molecule has 0 atom stereocenters. The van der Waals surface area contributed by atoms with E-state index in [0.29, 0.717) is 22.8 Å². The summed E-state index contributed by atoms with van der Waals surface area (Å²) >= 11 is 1.40. The fourth-order valence-electron chi connectivity index (χ4n) is 4.26. The van der Waals surface area contributed by atoms with Crippen molar-refractivity contribution < 1.29 is 0 Å². The molecule has 3 heterocycles. The number of nitrogens with zero attached hydrogens (tertiary/aromatic N) is 2. The van der Waals surface area contributed by atoms with E-state index in [1.807, 2.05) is 55.5 Å². The summed E-state index contributed by atoms with van der Waals surface area (Å²) in [6.45, 7) is 1.87. The summed E-state index contributed by atoms with van der Waals surface area (Å²) in [5.41, 5.74) is 2.99. The van der Waals surface area contributed by atoms with Gasteiger partial charge in [0.2, 0.25) is 5.13 Å². The van der Waals surface area contributed by atoms with Crippen LogP contribution in [0.15, 0.2) is 76.3 Å². The predicted molar refractivity (Wildman–Crippen MR) is 129 cm³/mol. The third kappa shape index (κ3) is 2.82. The number of para-hydroxylation sites is 1. The molecule has 0 radical (unpaired) electrons. The maximum atomic E-state index is 13.5. The fraction of sp³-hybridized carbons (Fsp3) is 0.0800. The van der Waals surface area contributed by atoms with Gasteiger partial charge in [-0.1, -0.05) is 65.9 Å². The van der Waals surface area contributed by atoms with Crippen molar-refractivity contribution >= 4 is 43.4 Å². The molecule has 0 aliphatic heterocycles. The molecule has 156 valence electrons. The van der Waals surface area contributed by atoms with E-state index in [1.165, 1.54) is 16.0 Å². The minimum absolute atomic E-state index is 0.130. The lowest BCUT2D eigenvalue weighted by molar-refractivity contribution is 0.850. The van der Waals surface area contributed by atoms with E-state index in [-0.39, 0.29) is 16.4 Å². The number of aromatic amines is 2. The Hall–Kier alpha value is -3.97. The topological polar surface area (TPSA) is 83.5 Å². The van der Waals surface area contributed by atoms with Crippen molar-refractivity contribution in [3.8, 4) is 5.13 Å². The molecule has 0 spiro atoms. The predicted octanol–water partition coefficient (Wildman–Crippen LogP) is 4.67.